The van der Waals surface area contributed by atoms with Gasteiger partial charge in [-0.15, -0.1) is 0 Å². The van der Waals surface area contributed by atoms with E-state index in [1.807, 2.05) is 18.2 Å². The molecule has 5 heteroatoms. The first-order chi connectivity index (χ1) is 13.6. The molecule has 1 aliphatic heterocycles. The minimum absolute atomic E-state index is 0.222. The summed E-state index contributed by atoms with van der Waals surface area (Å²) >= 11 is 0. The number of aromatic nitrogens is 1. The molecule has 0 spiro atoms. The molecule has 144 valence electrons. The van der Waals surface area contributed by atoms with E-state index in [4.69, 9.17) is 5.73 Å². The third-order valence-corrected chi connectivity index (χ3v) is 5.56. The molecule has 4 N–H and O–H groups in total. The van der Waals surface area contributed by atoms with Gasteiger partial charge >= 0.3 is 0 Å². The predicted molar refractivity (Wildman–Crippen MR) is 112 cm³/mol. The first-order valence-corrected chi connectivity index (χ1v) is 9.71. The van der Waals surface area contributed by atoms with Crippen LogP contribution < -0.4 is 5.73 Å². The average molecular weight is 375 g/mol. The van der Waals surface area contributed by atoms with E-state index in [-0.39, 0.29) is 11.8 Å². The maximum Gasteiger partial charge on any atom is 0.241 e. The van der Waals surface area contributed by atoms with Gasteiger partial charge in [0.1, 0.15) is 5.75 Å². The Kier molecular flexibility index (Phi) is 5.17. The van der Waals surface area contributed by atoms with Gasteiger partial charge in [-0.2, -0.15) is 0 Å². The third-order valence-electron chi connectivity index (χ3n) is 5.56. The lowest BCUT2D eigenvalue weighted by atomic mass is 10.0. The van der Waals surface area contributed by atoms with Crippen molar-refractivity contribution in [2.75, 3.05) is 13.1 Å². The van der Waals surface area contributed by atoms with Gasteiger partial charge in [0.25, 0.3) is 0 Å². The normalized spacial score (nSPS) is 17.6. The highest BCUT2D eigenvalue weighted by molar-refractivity contribution is 5.90. The second-order valence-electron chi connectivity index (χ2n) is 7.36. The van der Waals surface area contributed by atoms with Crippen LogP contribution in [0.25, 0.3) is 17.0 Å². The standard InChI is InChI=1S/C23H25N3O2/c24-23(28)10-8-16-7-9-19(22(27)14-16)21-6-3-12-26(21)13-11-17-15-25-20-5-2-1-4-18(17)20/h1-2,4-5,7-10,14-15,21,25,27H,3,6,11-13H2,(H2,24,28)/b10-8+. The fourth-order valence-corrected chi connectivity index (χ4v) is 4.17. The molecule has 1 fully saturated rings. The van der Waals surface area contributed by atoms with E-state index in [9.17, 15) is 9.90 Å². The Bertz CT molecular complexity index is 1020. The van der Waals surface area contributed by atoms with Gasteiger partial charge in [0.2, 0.25) is 5.91 Å². The zero-order chi connectivity index (χ0) is 19.5. The lowest BCUT2D eigenvalue weighted by molar-refractivity contribution is -0.113. The molecule has 4 rings (SSSR count). The molecule has 1 aliphatic rings. The largest absolute Gasteiger partial charge is 0.508 e. The number of likely N-dealkylation sites (tertiary alicyclic amines) is 1. The van der Waals surface area contributed by atoms with Gasteiger partial charge in [-0.25, -0.2) is 0 Å². The molecular formula is C23H25N3O2. The lowest BCUT2D eigenvalue weighted by Crippen LogP contribution is -2.25. The van der Waals surface area contributed by atoms with E-state index in [1.54, 1.807) is 12.1 Å². The zero-order valence-electron chi connectivity index (χ0n) is 15.8. The first kappa shape index (κ1) is 18.3. The van der Waals surface area contributed by atoms with Crippen molar-refractivity contribution in [3.63, 3.8) is 0 Å². The van der Waals surface area contributed by atoms with Crippen molar-refractivity contribution >= 4 is 22.9 Å². The number of para-hydroxylation sites is 1. The highest BCUT2D eigenvalue weighted by Gasteiger charge is 2.27. The average Bonchev–Trinajstić information content (AvgIpc) is 3.31. The van der Waals surface area contributed by atoms with E-state index in [0.29, 0.717) is 0 Å². The number of benzene rings is 2. The Labute approximate surface area is 164 Å². The Hall–Kier alpha value is -3.05. The molecule has 1 saturated heterocycles. The van der Waals surface area contributed by atoms with Crippen LogP contribution in [0.3, 0.4) is 0 Å². The number of amides is 1. The van der Waals surface area contributed by atoms with Crippen molar-refractivity contribution in [1.82, 2.24) is 9.88 Å². The Morgan fingerprint density at radius 2 is 2.14 bits per heavy atom. The van der Waals surface area contributed by atoms with Crippen LogP contribution in [0.15, 0.2) is 54.7 Å². The lowest BCUT2D eigenvalue weighted by Gasteiger charge is -2.25. The molecule has 0 bridgehead atoms. The second kappa shape index (κ2) is 7.90. The number of aromatic amines is 1. The fraction of sp³-hybridized carbons (Fsp3) is 0.261. The van der Waals surface area contributed by atoms with Crippen molar-refractivity contribution in [2.24, 2.45) is 5.73 Å². The van der Waals surface area contributed by atoms with Gasteiger partial charge in [-0.3, -0.25) is 9.69 Å². The molecule has 1 unspecified atom stereocenters. The minimum Gasteiger partial charge on any atom is -0.508 e. The van der Waals surface area contributed by atoms with Crippen molar-refractivity contribution in [2.45, 2.75) is 25.3 Å². The maximum absolute atomic E-state index is 10.9. The number of nitrogens with two attached hydrogens (primary N) is 1. The van der Waals surface area contributed by atoms with Crippen LogP contribution in [0.5, 0.6) is 5.75 Å². The molecule has 2 heterocycles. The van der Waals surface area contributed by atoms with Crippen LogP contribution in [0, 0.1) is 0 Å². The van der Waals surface area contributed by atoms with Gasteiger partial charge in [0.15, 0.2) is 0 Å². The Morgan fingerprint density at radius 1 is 1.29 bits per heavy atom. The number of H-pyrrole nitrogens is 1. The number of nitrogens with one attached hydrogen (secondary N) is 1. The number of carbonyl (C=O) groups is 1. The summed E-state index contributed by atoms with van der Waals surface area (Å²) in [6.07, 6.45) is 8.17. The predicted octanol–water partition coefficient (Wildman–Crippen LogP) is 3.75. The van der Waals surface area contributed by atoms with Crippen LogP contribution in [-0.4, -0.2) is 34.0 Å². The molecule has 0 aliphatic carbocycles. The number of phenols is 1. The van der Waals surface area contributed by atoms with Gasteiger partial charge in [-0.05, 0) is 55.1 Å². The van der Waals surface area contributed by atoms with Crippen LogP contribution in [0.2, 0.25) is 0 Å². The third kappa shape index (κ3) is 3.80. The number of hydrogen-bond donors (Lipinski definition) is 3. The molecule has 5 nitrogen and oxygen atoms in total. The summed E-state index contributed by atoms with van der Waals surface area (Å²) in [6, 6.07) is 14.2. The van der Waals surface area contributed by atoms with E-state index < -0.39 is 5.91 Å². The molecule has 0 saturated carbocycles. The number of primary amides is 1. The SMILES string of the molecule is NC(=O)/C=C/c1ccc(C2CCCN2CCc2c[nH]c3ccccc23)c(O)c1. The first-order valence-electron chi connectivity index (χ1n) is 9.71. The van der Waals surface area contributed by atoms with Crippen molar-refractivity contribution in [3.8, 4) is 5.75 Å². The van der Waals surface area contributed by atoms with E-state index in [0.717, 1.165) is 43.5 Å². The number of nitrogens with zero attached hydrogens (tertiary/aromatic N) is 1. The molecule has 1 atom stereocenters. The van der Waals surface area contributed by atoms with Crippen LogP contribution in [0.1, 0.15) is 35.6 Å². The number of hydrogen-bond acceptors (Lipinski definition) is 3. The number of fused-ring (bicyclic) bond motifs is 1. The van der Waals surface area contributed by atoms with E-state index in [2.05, 4.69) is 34.3 Å². The molecule has 28 heavy (non-hydrogen) atoms. The van der Waals surface area contributed by atoms with Gasteiger partial charge in [0.05, 0.1) is 0 Å². The summed E-state index contributed by atoms with van der Waals surface area (Å²) in [5, 5.41) is 11.8. The number of rotatable bonds is 6. The smallest absolute Gasteiger partial charge is 0.241 e. The van der Waals surface area contributed by atoms with Crippen molar-refractivity contribution in [1.29, 1.82) is 0 Å². The number of phenolic OH excluding ortho intramolecular Hbond substituents is 1. The monoisotopic (exact) mass is 375 g/mol. The zero-order valence-corrected chi connectivity index (χ0v) is 15.8. The number of carbonyl (C=O) groups excluding carboxylic acids is 1. The summed E-state index contributed by atoms with van der Waals surface area (Å²) in [5.74, 6) is -0.224. The maximum atomic E-state index is 10.9. The van der Waals surface area contributed by atoms with E-state index >= 15 is 0 Å². The topological polar surface area (TPSA) is 82.4 Å². The molecule has 2 aromatic carbocycles. The quantitative estimate of drug-likeness (QED) is 0.574. The van der Waals surface area contributed by atoms with Crippen LogP contribution in [-0.2, 0) is 11.2 Å². The summed E-state index contributed by atoms with van der Waals surface area (Å²) in [4.78, 5) is 16.7. The summed E-state index contributed by atoms with van der Waals surface area (Å²) < 4.78 is 0. The summed E-state index contributed by atoms with van der Waals surface area (Å²) in [7, 11) is 0. The van der Waals surface area contributed by atoms with Crippen LogP contribution in [0.4, 0.5) is 0 Å². The Balaban J connectivity index is 1.48. The van der Waals surface area contributed by atoms with Gasteiger partial charge in [0, 0.05) is 41.3 Å². The van der Waals surface area contributed by atoms with Gasteiger partial charge < -0.3 is 15.8 Å². The second-order valence-corrected chi connectivity index (χ2v) is 7.36. The highest BCUT2D eigenvalue weighted by Crippen LogP contribution is 2.37. The Morgan fingerprint density at radius 3 is 2.96 bits per heavy atom. The fourth-order valence-electron chi connectivity index (χ4n) is 4.17. The van der Waals surface area contributed by atoms with Crippen LogP contribution >= 0.6 is 0 Å². The van der Waals surface area contributed by atoms with Crippen molar-refractivity contribution in [3.05, 3.63) is 71.4 Å². The molecule has 3 aromatic rings. The van der Waals surface area contributed by atoms with Gasteiger partial charge in [-0.1, -0.05) is 30.3 Å². The number of aromatic hydroxyl groups is 1. The molecule has 0 radical (unpaired) electrons. The molecular weight excluding hydrogens is 350 g/mol. The molecule has 1 amide bonds. The summed E-state index contributed by atoms with van der Waals surface area (Å²) in [5.41, 5.74) is 9.36. The summed E-state index contributed by atoms with van der Waals surface area (Å²) in [6.45, 7) is 1.99. The minimum atomic E-state index is -0.497. The van der Waals surface area contributed by atoms with Crippen molar-refractivity contribution < 1.29 is 9.90 Å². The van der Waals surface area contributed by atoms with E-state index in [1.165, 1.54) is 22.5 Å². The highest BCUT2D eigenvalue weighted by atomic mass is 16.3. The molecule has 1 aromatic heterocycles.